The number of fused-ring (bicyclic) bond motifs is 3. The SMILES string of the molecule is Cn1ccnc(NC(=O)[C@H]2C3CCC(CC3)[C@@H]2C(F)(F)F)c1=O. The maximum absolute atomic E-state index is 13.4. The van der Waals surface area contributed by atoms with Gasteiger partial charge in [-0.05, 0) is 37.5 Å². The van der Waals surface area contributed by atoms with E-state index in [9.17, 15) is 22.8 Å². The van der Waals surface area contributed by atoms with Gasteiger partial charge in [0.25, 0.3) is 5.56 Å². The Morgan fingerprint density at radius 2 is 1.87 bits per heavy atom. The first-order valence-electron chi connectivity index (χ1n) is 7.68. The number of carbonyl (C=O) groups is 1. The van der Waals surface area contributed by atoms with E-state index in [4.69, 9.17) is 0 Å². The molecule has 1 N–H and O–H groups in total. The molecule has 5 nitrogen and oxygen atoms in total. The monoisotopic (exact) mass is 329 g/mol. The normalized spacial score (nSPS) is 30.3. The van der Waals surface area contributed by atoms with Crippen LogP contribution in [0.15, 0.2) is 17.2 Å². The zero-order valence-corrected chi connectivity index (χ0v) is 12.6. The molecule has 1 aromatic heterocycles. The maximum Gasteiger partial charge on any atom is 0.392 e. The van der Waals surface area contributed by atoms with Crippen molar-refractivity contribution in [2.45, 2.75) is 31.9 Å². The Balaban J connectivity index is 1.88. The van der Waals surface area contributed by atoms with Crippen LogP contribution in [-0.2, 0) is 11.8 Å². The van der Waals surface area contributed by atoms with Crippen LogP contribution in [0.1, 0.15) is 25.7 Å². The molecule has 0 unspecified atom stereocenters. The number of alkyl halides is 3. The van der Waals surface area contributed by atoms with E-state index in [1.165, 1.54) is 24.0 Å². The van der Waals surface area contributed by atoms with Crippen molar-refractivity contribution in [2.75, 3.05) is 5.32 Å². The second-order valence-electron chi connectivity index (χ2n) is 6.45. The van der Waals surface area contributed by atoms with E-state index in [0.29, 0.717) is 25.7 Å². The highest BCUT2D eigenvalue weighted by Gasteiger charge is 2.58. The minimum atomic E-state index is -4.40. The Kier molecular flexibility index (Phi) is 3.93. The smallest absolute Gasteiger partial charge is 0.314 e. The van der Waals surface area contributed by atoms with Gasteiger partial charge in [-0.2, -0.15) is 13.2 Å². The fourth-order valence-corrected chi connectivity index (χ4v) is 4.08. The molecule has 23 heavy (non-hydrogen) atoms. The van der Waals surface area contributed by atoms with Gasteiger partial charge in [-0.15, -0.1) is 0 Å². The fourth-order valence-electron chi connectivity index (χ4n) is 4.08. The lowest BCUT2D eigenvalue weighted by Gasteiger charge is -2.48. The number of hydrogen-bond donors (Lipinski definition) is 1. The lowest BCUT2D eigenvalue weighted by molar-refractivity contribution is -0.227. The highest BCUT2D eigenvalue weighted by molar-refractivity contribution is 5.92. The molecule has 0 aromatic carbocycles. The molecule has 3 aliphatic carbocycles. The van der Waals surface area contributed by atoms with Gasteiger partial charge in [0.15, 0.2) is 5.82 Å². The summed E-state index contributed by atoms with van der Waals surface area (Å²) in [7, 11) is 1.49. The first-order chi connectivity index (χ1) is 10.8. The molecule has 3 fully saturated rings. The van der Waals surface area contributed by atoms with Crippen molar-refractivity contribution >= 4 is 11.7 Å². The molecule has 1 heterocycles. The molecule has 1 amide bonds. The lowest BCUT2D eigenvalue weighted by atomic mass is 9.58. The van der Waals surface area contributed by atoms with Crippen LogP contribution in [0.2, 0.25) is 0 Å². The van der Waals surface area contributed by atoms with Crippen LogP contribution in [0.5, 0.6) is 0 Å². The molecule has 3 saturated carbocycles. The number of nitrogens with zero attached hydrogens (tertiary/aromatic N) is 2. The molecular weight excluding hydrogens is 311 g/mol. The van der Waals surface area contributed by atoms with Gasteiger partial charge in [0, 0.05) is 19.4 Å². The van der Waals surface area contributed by atoms with E-state index < -0.39 is 35.4 Å². The summed E-state index contributed by atoms with van der Waals surface area (Å²) in [5, 5.41) is 2.32. The quantitative estimate of drug-likeness (QED) is 0.906. The summed E-state index contributed by atoms with van der Waals surface area (Å²) in [6.07, 6.45) is 0.643. The third-order valence-electron chi connectivity index (χ3n) is 5.16. The third-order valence-corrected chi connectivity index (χ3v) is 5.16. The second-order valence-corrected chi connectivity index (χ2v) is 6.45. The number of rotatable bonds is 2. The van der Waals surface area contributed by atoms with Gasteiger partial charge in [-0.3, -0.25) is 9.59 Å². The number of aromatic nitrogens is 2. The molecule has 0 radical (unpaired) electrons. The largest absolute Gasteiger partial charge is 0.392 e. The van der Waals surface area contributed by atoms with E-state index in [1.807, 2.05) is 0 Å². The summed E-state index contributed by atoms with van der Waals surface area (Å²) in [4.78, 5) is 28.1. The predicted molar refractivity (Wildman–Crippen MR) is 76.6 cm³/mol. The van der Waals surface area contributed by atoms with E-state index in [1.54, 1.807) is 0 Å². The van der Waals surface area contributed by atoms with Gasteiger partial charge in [0.05, 0.1) is 11.8 Å². The van der Waals surface area contributed by atoms with Crippen LogP contribution in [-0.4, -0.2) is 21.6 Å². The molecule has 1 aromatic rings. The molecular formula is C15H18F3N3O2. The van der Waals surface area contributed by atoms with Crippen molar-refractivity contribution in [1.82, 2.24) is 9.55 Å². The van der Waals surface area contributed by atoms with Crippen molar-refractivity contribution in [1.29, 1.82) is 0 Å². The highest BCUT2D eigenvalue weighted by Crippen LogP contribution is 2.54. The molecule has 0 saturated heterocycles. The number of nitrogens with one attached hydrogen (secondary N) is 1. The topological polar surface area (TPSA) is 64.0 Å². The minimum Gasteiger partial charge on any atom is -0.314 e. The molecule has 2 bridgehead atoms. The van der Waals surface area contributed by atoms with Gasteiger partial charge in [-0.25, -0.2) is 4.98 Å². The van der Waals surface area contributed by atoms with Crippen molar-refractivity contribution in [3.05, 3.63) is 22.7 Å². The van der Waals surface area contributed by atoms with Crippen LogP contribution in [0.3, 0.4) is 0 Å². The summed E-state index contributed by atoms with van der Waals surface area (Å²) in [6, 6.07) is 0. The molecule has 4 rings (SSSR count). The number of aryl methyl sites for hydroxylation is 1. The summed E-state index contributed by atoms with van der Waals surface area (Å²) in [6.45, 7) is 0. The standard InChI is InChI=1S/C15H18F3N3O2/c1-21-7-6-19-12(14(21)23)20-13(22)10-8-2-4-9(5-3-8)11(10)15(16,17)18/h6-11H,2-5H2,1H3,(H,19,20,22)/t8?,9?,10-,11-/m0/s1. The van der Waals surface area contributed by atoms with E-state index in [2.05, 4.69) is 10.3 Å². The Morgan fingerprint density at radius 3 is 2.48 bits per heavy atom. The van der Waals surface area contributed by atoms with Crippen LogP contribution < -0.4 is 10.9 Å². The number of hydrogen-bond acceptors (Lipinski definition) is 3. The zero-order chi connectivity index (χ0) is 16.8. The predicted octanol–water partition coefficient (Wildman–Crippen LogP) is 2.33. The molecule has 8 heteroatoms. The van der Waals surface area contributed by atoms with Gasteiger partial charge in [-0.1, -0.05) is 0 Å². The van der Waals surface area contributed by atoms with Crippen LogP contribution in [0.25, 0.3) is 0 Å². The van der Waals surface area contributed by atoms with Crippen molar-refractivity contribution in [3.63, 3.8) is 0 Å². The Labute approximate surface area is 130 Å². The van der Waals surface area contributed by atoms with Crippen molar-refractivity contribution < 1.29 is 18.0 Å². The third kappa shape index (κ3) is 2.86. The first-order valence-corrected chi connectivity index (χ1v) is 7.68. The molecule has 2 atom stereocenters. The number of anilines is 1. The first kappa shape index (κ1) is 16.0. The number of carbonyl (C=O) groups excluding carboxylic acids is 1. The zero-order valence-electron chi connectivity index (χ0n) is 12.6. The Morgan fingerprint density at radius 1 is 1.26 bits per heavy atom. The van der Waals surface area contributed by atoms with Gasteiger partial charge in [0.2, 0.25) is 5.91 Å². The fraction of sp³-hybridized carbons (Fsp3) is 0.667. The van der Waals surface area contributed by atoms with Gasteiger partial charge < -0.3 is 9.88 Å². The van der Waals surface area contributed by atoms with Crippen molar-refractivity contribution in [3.8, 4) is 0 Å². The minimum absolute atomic E-state index is 0.220. The second kappa shape index (κ2) is 5.65. The Bertz CT molecular complexity index is 663. The molecule has 0 aliphatic heterocycles. The maximum atomic E-state index is 13.4. The molecule has 0 spiro atoms. The highest BCUT2D eigenvalue weighted by atomic mass is 19.4. The van der Waals surface area contributed by atoms with E-state index in [-0.39, 0.29) is 11.7 Å². The summed E-state index contributed by atoms with van der Waals surface area (Å²) < 4.78 is 41.5. The summed E-state index contributed by atoms with van der Waals surface area (Å²) >= 11 is 0. The summed E-state index contributed by atoms with van der Waals surface area (Å²) in [5.74, 6) is -4.49. The van der Waals surface area contributed by atoms with Crippen LogP contribution in [0, 0.1) is 23.7 Å². The number of halogens is 3. The van der Waals surface area contributed by atoms with Crippen LogP contribution in [0.4, 0.5) is 19.0 Å². The average molecular weight is 329 g/mol. The van der Waals surface area contributed by atoms with Gasteiger partial charge >= 0.3 is 6.18 Å². The van der Waals surface area contributed by atoms with E-state index >= 15 is 0 Å². The Hall–Kier alpha value is -1.86. The number of amides is 1. The van der Waals surface area contributed by atoms with Crippen LogP contribution >= 0.6 is 0 Å². The van der Waals surface area contributed by atoms with E-state index in [0.717, 1.165) is 0 Å². The molecule has 126 valence electrons. The lowest BCUT2D eigenvalue weighted by Crippen LogP contribution is -2.52. The van der Waals surface area contributed by atoms with Gasteiger partial charge in [0.1, 0.15) is 0 Å². The molecule has 3 aliphatic rings. The average Bonchev–Trinajstić information content (AvgIpc) is 2.51. The summed E-state index contributed by atoms with van der Waals surface area (Å²) in [5.41, 5.74) is -0.537. The van der Waals surface area contributed by atoms with Crippen molar-refractivity contribution in [2.24, 2.45) is 30.7 Å².